The zero-order chi connectivity index (χ0) is 26.6. The van der Waals surface area contributed by atoms with Crippen molar-refractivity contribution in [3.05, 3.63) is 47.5 Å². The molecule has 1 saturated carbocycles. The van der Waals surface area contributed by atoms with E-state index in [0.717, 1.165) is 41.9 Å². The second-order valence-corrected chi connectivity index (χ2v) is 12.3. The van der Waals surface area contributed by atoms with Crippen LogP contribution in [0.3, 0.4) is 0 Å². The molecule has 1 aromatic heterocycles. The normalized spacial score (nSPS) is 14.5. The molecule has 0 unspecified atom stereocenters. The molecule has 0 radical (unpaired) electrons. The summed E-state index contributed by atoms with van der Waals surface area (Å²) in [5, 5.41) is 0.856. The zero-order valence-corrected chi connectivity index (χ0v) is 23.5. The van der Waals surface area contributed by atoms with Crippen LogP contribution < -0.4 is 4.74 Å². The monoisotopic (exact) mass is 545 g/mol. The third-order valence-corrected chi connectivity index (χ3v) is 9.77. The summed E-state index contributed by atoms with van der Waals surface area (Å²) < 4.78 is 40.4. The summed E-state index contributed by atoms with van der Waals surface area (Å²) in [6.07, 6.45) is 6.25. The maximum Gasteiger partial charge on any atom is 0.337 e. The van der Waals surface area contributed by atoms with Gasteiger partial charge in [-0.3, -0.25) is 0 Å². The minimum Gasteiger partial charge on any atom is -0.496 e. The van der Waals surface area contributed by atoms with Gasteiger partial charge < -0.3 is 14.0 Å². The molecule has 3 aromatic rings. The first-order valence-corrected chi connectivity index (χ1v) is 15.1. The van der Waals surface area contributed by atoms with Crippen molar-refractivity contribution in [3.8, 4) is 5.75 Å². The number of ether oxygens (including phenoxy) is 2. The maximum absolute atomic E-state index is 13.1. The van der Waals surface area contributed by atoms with Gasteiger partial charge in [-0.15, -0.1) is 0 Å². The van der Waals surface area contributed by atoms with Crippen LogP contribution in [0.15, 0.2) is 46.5 Å². The number of hydrogen-bond donors (Lipinski definition) is 0. The highest BCUT2D eigenvalue weighted by Gasteiger charge is 2.26. The van der Waals surface area contributed by atoms with Crippen LogP contribution in [0.1, 0.15) is 67.4 Å². The van der Waals surface area contributed by atoms with Gasteiger partial charge in [0.2, 0.25) is 10.0 Å². The van der Waals surface area contributed by atoms with Gasteiger partial charge in [0.15, 0.2) is 5.16 Å². The average Bonchev–Trinajstić information content (AvgIpc) is 3.56. The first kappa shape index (κ1) is 27.5. The number of unbranched alkanes of at least 4 members (excludes halogenated alkanes) is 1. The number of fused-ring (bicyclic) bond motifs is 1. The number of hydrogen-bond acceptors (Lipinski definition) is 7. The third-order valence-electron chi connectivity index (χ3n) is 6.92. The molecule has 200 valence electrons. The lowest BCUT2D eigenvalue weighted by molar-refractivity contribution is 0.0600. The number of carbonyl (C=O) groups is 1. The van der Waals surface area contributed by atoms with Gasteiger partial charge in [0.1, 0.15) is 5.75 Å². The highest BCUT2D eigenvalue weighted by atomic mass is 32.2. The zero-order valence-electron chi connectivity index (χ0n) is 21.9. The van der Waals surface area contributed by atoms with Crippen molar-refractivity contribution in [2.75, 3.05) is 27.8 Å². The fourth-order valence-corrected chi connectivity index (χ4v) is 7.07. The minimum absolute atomic E-state index is 0.270. The molecule has 0 saturated heterocycles. The van der Waals surface area contributed by atoms with Gasteiger partial charge in [-0.05, 0) is 49.6 Å². The van der Waals surface area contributed by atoms with Gasteiger partial charge in [0.25, 0.3) is 0 Å². The van der Waals surface area contributed by atoms with Crippen molar-refractivity contribution in [1.82, 2.24) is 13.9 Å². The minimum atomic E-state index is -3.58. The van der Waals surface area contributed by atoms with Crippen LogP contribution in [0.5, 0.6) is 5.75 Å². The van der Waals surface area contributed by atoms with E-state index >= 15 is 0 Å². The first-order valence-electron chi connectivity index (χ1n) is 12.7. The van der Waals surface area contributed by atoms with Crippen molar-refractivity contribution in [2.45, 2.75) is 67.3 Å². The third kappa shape index (κ3) is 5.81. The molecule has 8 nitrogen and oxygen atoms in total. The number of methoxy groups -OCH3 is 2. The summed E-state index contributed by atoms with van der Waals surface area (Å²) in [6.45, 7) is 2.54. The van der Waals surface area contributed by atoms with E-state index in [0.29, 0.717) is 35.2 Å². The molecular formula is C27H35N3O5S2. The molecule has 10 heteroatoms. The number of rotatable bonds is 11. The maximum atomic E-state index is 13.1. The molecule has 0 N–H and O–H groups in total. The number of imidazole rings is 1. The van der Waals surface area contributed by atoms with Crippen molar-refractivity contribution in [2.24, 2.45) is 0 Å². The molecule has 0 bridgehead atoms. The molecule has 0 amide bonds. The van der Waals surface area contributed by atoms with Gasteiger partial charge in [-0.1, -0.05) is 44.0 Å². The van der Waals surface area contributed by atoms with Gasteiger partial charge in [-0.2, -0.15) is 0 Å². The van der Waals surface area contributed by atoms with Crippen molar-refractivity contribution in [1.29, 1.82) is 0 Å². The Morgan fingerprint density at radius 2 is 1.92 bits per heavy atom. The molecule has 37 heavy (non-hydrogen) atoms. The summed E-state index contributed by atoms with van der Waals surface area (Å²) in [4.78, 5) is 17.1. The SMILES string of the molecule is CCCCN(C)S(=O)(=O)c1ccc2c(c1)nc(SCc1ccc(C(=O)OC)cc1OC)n2C1CCCC1. The number of benzene rings is 2. The molecule has 4 rings (SSSR count). The van der Waals surface area contributed by atoms with E-state index in [1.807, 2.05) is 19.1 Å². The van der Waals surface area contributed by atoms with E-state index in [9.17, 15) is 13.2 Å². The van der Waals surface area contributed by atoms with Gasteiger partial charge in [0, 0.05) is 31.0 Å². The summed E-state index contributed by atoms with van der Waals surface area (Å²) in [6, 6.07) is 10.9. The van der Waals surface area contributed by atoms with Crippen molar-refractivity contribution < 1.29 is 22.7 Å². The van der Waals surface area contributed by atoms with Crippen LogP contribution in [0.2, 0.25) is 0 Å². The summed E-state index contributed by atoms with van der Waals surface area (Å²) in [7, 11) is 0.986. The lowest BCUT2D eigenvalue weighted by Crippen LogP contribution is -2.27. The number of thioether (sulfide) groups is 1. The fourth-order valence-electron chi connectivity index (χ4n) is 4.77. The van der Waals surface area contributed by atoms with Gasteiger partial charge in [0.05, 0.1) is 35.7 Å². The quantitative estimate of drug-likeness (QED) is 0.227. The average molecular weight is 546 g/mol. The number of nitrogens with zero attached hydrogens (tertiary/aromatic N) is 3. The van der Waals surface area contributed by atoms with E-state index in [-0.39, 0.29) is 4.90 Å². The Morgan fingerprint density at radius 1 is 1.16 bits per heavy atom. The van der Waals surface area contributed by atoms with Crippen LogP contribution in [-0.2, 0) is 20.5 Å². The topological polar surface area (TPSA) is 90.7 Å². The molecule has 1 heterocycles. The predicted molar refractivity (Wildman–Crippen MR) is 146 cm³/mol. The predicted octanol–water partition coefficient (Wildman–Crippen LogP) is 5.66. The standard InChI is InChI=1S/C27H35N3O5S2/c1-5-6-15-29(2)37(32,33)22-13-14-24-23(17-22)28-27(30(24)21-9-7-8-10-21)36-18-20-12-11-19(26(31)35-4)16-25(20)34-3/h11-14,16-17,21H,5-10,15,18H2,1-4H3. The highest BCUT2D eigenvalue weighted by Crippen LogP contribution is 2.39. The first-order chi connectivity index (χ1) is 17.8. The molecule has 1 aliphatic rings. The van der Waals surface area contributed by atoms with E-state index in [1.165, 1.54) is 24.3 Å². The Bertz CT molecular complexity index is 1360. The largest absolute Gasteiger partial charge is 0.496 e. The Morgan fingerprint density at radius 3 is 2.59 bits per heavy atom. The van der Waals surface area contributed by atoms with Gasteiger partial charge >= 0.3 is 5.97 Å². The molecule has 1 aliphatic carbocycles. The number of carbonyl (C=O) groups excluding carboxylic acids is 1. The highest BCUT2D eigenvalue weighted by molar-refractivity contribution is 7.98. The Labute approximate surface area is 223 Å². The van der Waals surface area contributed by atoms with E-state index < -0.39 is 16.0 Å². The smallest absolute Gasteiger partial charge is 0.337 e. The van der Waals surface area contributed by atoms with Crippen molar-refractivity contribution in [3.63, 3.8) is 0 Å². The summed E-state index contributed by atoms with van der Waals surface area (Å²) >= 11 is 1.59. The van der Waals surface area contributed by atoms with E-state index in [2.05, 4.69) is 4.57 Å². The fraction of sp³-hybridized carbons (Fsp3) is 0.481. The van der Waals surface area contributed by atoms with Crippen LogP contribution in [0, 0.1) is 0 Å². The van der Waals surface area contributed by atoms with E-state index in [1.54, 1.807) is 50.2 Å². The van der Waals surface area contributed by atoms with Crippen LogP contribution >= 0.6 is 11.8 Å². The van der Waals surface area contributed by atoms with Crippen LogP contribution in [-0.4, -0.2) is 56.1 Å². The lowest BCUT2D eigenvalue weighted by atomic mass is 10.1. The Balaban J connectivity index is 1.67. The molecule has 0 aliphatic heterocycles. The summed E-state index contributed by atoms with van der Waals surface area (Å²) in [5.74, 6) is 0.792. The van der Waals surface area contributed by atoms with Crippen molar-refractivity contribution >= 4 is 38.8 Å². The van der Waals surface area contributed by atoms with Crippen LogP contribution in [0.4, 0.5) is 0 Å². The number of esters is 1. The number of sulfonamides is 1. The molecule has 0 spiro atoms. The molecule has 1 fully saturated rings. The second-order valence-electron chi connectivity index (χ2n) is 9.34. The summed E-state index contributed by atoms with van der Waals surface area (Å²) in [5.41, 5.74) is 3.01. The lowest BCUT2D eigenvalue weighted by Gasteiger charge is -2.18. The molecule has 0 atom stereocenters. The van der Waals surface area contributed by atoms with Gasteiger partial charge in [-0.25, -0.2) is 22.5 Å². The van der Waals surface area contributed by atoms with E-state index in [4.69, 9.17) is 14.5 Å². The number of aromatic nitrogens is 2. The molecular weight excluding hydrogens is 510 g/mol. The Kier molecular flexibility index (Phi) is 8.82. The Hall–Kier alpha value is -2.56. The molecule has 2 aromatic carbocycles. The van der Waals surface area contributed by atoms with Crippen LogP contribution in [0.25, 0.3) is 11.0 Å². The second kappa shape index (κ2) is 11.9.